The molecule has 0 fully saturated rings. The summed E-state index contributed by atoms with van der Waals surface area (Å²) in [6.07, 6.45) is 0. The zero-order valence-corrected chi connectivity index (χ0v) is 14.8. The van der Waals surface area contributed by atoms with Crippen molar-refractivity contribution in [3.63, 3.8) is 0 Å². The summed E-state index contributed by atoms with van der Waals surface area (Å²) < 4.78 is 8.88. The van der Waals surface area contributed by atoms with Crippen molar-refractivity contribution >= 4 is 68.6 Å². The fourth-order valence-electron chi connectivity index (χ4n) is 0. The monoisotopic (exact) mass is 320 g/mol. The van der Waals surface area contributed by atoms with E-state index in [4.69, 9.17) is 19.2 Å². The van der Waals surface area contributed by atoms with Gasteiger partial charge in [0.2, 0.25) is 0 Å². The van der Waals surface area contributed by atoms with E-state index in [0.29, 0.717) is 0 Å². The minimum Gasteiger partial charge on any atom is -1.00 e. The van der Waals surface area contributed by atoms with Crippen molar-refractivity contribution in [2.45, 2.75) is 0 Å². The summed E-state index contributed by atoms with van der Waals surface area (Å²) in [6.45, 7) is 0. The van der Waals surface area contributed by atoms with Gasteiger partial charge >= 0.3 is 68.6 Å². The molecule has 0 saturated carbocycles. The van der Waals surface area contributed by atoms with Gasteiger partial charge in [0.1, 0.15) is 0 Å². The van der Waals surface area contributed by atoms with Crippen LogP contribution in [0.4, 0.5) is 0 Å². The van der Waals surface area contributed by atoms with Crippen molar-refractivity contribution in [2.75, 3.05) is 0 Å². The van der Waals surface area contributed by atoms with Crippen LogP contribution in [-0.2, 0) is 50.2 Å². The summed E-state index contributed by atoms with van der Waals surface area (Å²) in [5.41, 5.74) is 0. The maximum atomic E-state index is 8.88. The van der Waals surface area contributed by atoms with Crippen LogP contribution in [0, 0.1) is 0 Å². The van der Waals surface area contributed by atoms with Gasteiger partial charge in [0.15, 0.2) is 0 Å². The van der Waals surface area contributed by atoms with E-state index in [1.165, 1.54) is 0 Å². The summed E-state index contributed by atoms with van der Waals surface area (Å²) in [6, 6.07) is 0. The SMILES string of the molecule is O=P(O)(O)O.[Ca+2].[H-].[H-].[H-].[H-].[Mg+2].[Zn].[Zr]. The molecule has 0 bridgehead atoms. The number of hydrogen-bond acceptors (Lipinski definition) is 1. The Balaban J connectivity index is -0.00000000286. The van der Waals surface area contributed by atoms with Gasteiger partial charge in [-0.25, -0.2) is 4.57 Å². The first-order valence-corrected chi connectivity index (χ1v) is 2.35. The van der Waals surface area contributed by atoms with Crippen LogP contribution in [0.25, 0.3) is 0 Å². The molecule has 0 atom stereocenters. The van der Waals surface area contributed by atoms with Crippen LogP contribution in [-0.4, -0.2) is 75.5 Å². The summed E-state index contributed by atoms with van der Waals surface area (Å²) in [4.78, 5) is 21.6. The fourth-order valence-corrected chi connectivity index (χ4v) is 0. The number of rotatable bonds is 0. The Hall–Kier alpha value is 3.64. The predicted octanol–water partition coefficient (Wildman–Crippen LogP) is -1.25. The average molecular weight is 323 g/mol. The van der Waals surface area contributed by atoms with Gasteiger partial charge in [-0.05, 0) is 0 Å². The van der Waals surface area contributed by atoms with E-state index < -0.39 is 7.82 Å². The van der Waals surface area contributed by atoms with Gasteiger partial charge in [0.25, 0.3) is 0 Å². The molecular weight excluding hydrogens is 316 g/mol. The second-order valence-electron chi connectivity index (χ2n) is 0.513. The van der Waals surface area contributed by atoms with Gasteiger partial charge in [0.05, 0.1) is 0 Å². The Morgan fingerprint density at radius 1 is 1.22 bits per heavy atom. The standard InChI is InChI=1S/Ca.Mg.H3O4P.Zn.Zr.4H/c;;1-5(2,3)4;;;;;;/h;;(H3,1,2,3,4);;;;;;/q2*+2;;;;4*-1. The van der Waals surface area contributed by atoms with Gasteiger partial charge < -0.3 is 20.4 Å². The number of phosphoric acid groups is 1. The van der Waals surface area contributed by atoms with Crippen LogP contribution in [0.15, 0.2) is 0 Å². The fraction of sp³-hybridized carbons (Fsp3) is 0. The molecule has 0 aliphatic rings. The Labute approximate surface area is 137 Å². The van der Waals surface area contributed by atoms with E-state index in [1.807, 2.05) is 0 Å². The van der Waals surface area contributed by atoms with E-state index in [-0.39, 0.29) is 112 Å². The summed E-state index contributed by atoms with van der Waals surface area (Å²) in [7, 11) is -4.64. The third-order valence-electron chi connectivity index (χ3n) is 0. The normalized spacial score (nSPS) is 6.56. The molecule has 3 N–H and O–H groups in total. The van der Waals surface area contributed by atoms with E-state index in [2.05, 4.69) is 0 Å². The van der Waals surface area contributed by atoms with Crippen molar-refractivity contribution in [3.8, 4) is 0 Å². The minimum absolute atomic E-state index is 0. The van der Waals surface area contributed by atoms with Crippen LogP contribution in [0.5, 0.6) is 0 Å². The van der Waals surface area contributed by atoms with E-state index in [0.717, 1.165) is 0 Å². The molecule has 0 heterocycles. The molecule has 0 aromatic heterocycles. The van der Waals surface area contributed by atoms with Gasteiger partial charge in [-0.3, -0.25) is 0 Å². The smallest absolute Gasteiger partial charge is 1.00 e. The number of hydrogen-bond donors (Lipinski definition) is 3. The maximum Gasteiger partial charge on any atom is 2.00 e. The topological polar surface area (TPSA) is 77.8 Å². The second-order valence-corrected chi connectivity index (χ2v) is 1.54. The molecule has 0 aromatic carbocycles. The molecule has 0 unspecified atom stereocenters. The second kappa shape index (κ2) is 14.2. The quantitative estimate of drug-likeness (QED) is 0.385. The molecule has 4 nitrogen and oxygen atoms in total. The van der Waals surface area contributed by atoms with Crippen molar-refractivity contribution in [1.29, 1.82) is 0 Å². The molecular formula is H7CaMgO4PZnZr. The van der Waals surface area contributed by atoms with Gasteiger partial charge in [-0.2, -0.15) is 0 Å². The molecule has 0 rings (SSSR count). The predicted molar refractivity (Wildman–Crippen MR) is 30.2 cm³/mol. The Bertz CT molecular complexity index is 78.3. The van der Waals surface area contributed by atoms with Gasteiger partial charge in [-0.15, -0.1) is 0 Å². The van der Waals surface area contributed by atoms with Crippen LogP contribution < -0.4 is 0 Å². The Morgan fingerprint density at radius 2 is 1.22 bits per heavy atom. The summed E-state index contributed by atoms with van der Waals surface area (Å²) >= 11 is 0. The first-order chi connectivity index (χ1) is 2.00. The Kier molecular flexibility index (Phi) is 46.2. The van der Waals surface area contributed by atoms with Crippen LogP contribution in [0.1, 0.15) is 5.71 Å². The average Bonchev–Trinajstić information content (AvgIpc) is 0.722. The van der Waals surface area contributed by atoms with Crippen molar-refractivity contribution < 1.29 is 70.6 Å². The molecule has 0 aliphatic heterocycles. The van der Waals surface area contributed by atoms with E-state index in [1.54, 1.807) is 0 Å². The van der Waals surface area contributed by atoms with Crippen LogP contribution >= 0.6 is 7.82 Å². The third kappa shape index (κ3) is 81.6. The zero-order chi connectivity index (χ0) is 4.50. The van der Waals surface area contributed by atoms with Gasteiger partial charge in [0, 0.05) is 45.7 Å². The van der Waals surface area contributed by atoms with Crippen LogP contribution in [0.3, 0.4) is 0 Å². The molecule has 0 aliphatic carbocycles. The first-order valence-electron chi connectivity index (χ1n) is 0.783. The zero-order valence-electron chi connectivity index (χ0n) is 8.82. The molecule has 0 aromatic rings. The van der Waals surface area contributed by atoms with Crippen molar-refractivity contribution in [3.05, 3.63) is 0 Å². The maximum absolute atomic E-state index is 8.88. The van der Waals surface area contributed by atoms with Crippen LogP contribution in [0.2, 0.25) is 0 Å². The van der Waals surface area contributed by atoms with Crippen molar-refractivity contribution in [2.24, 2.45) is 0 Å². The molecule has 9 heteroatoms. The van der Waals surface area contributed by atoms with Crippen molar-refractivity contribution in [1.82, 2.24) is 0 Å². The molecule has 9 heavy (non-hydrogen) atoms. The van der Waals surface area contributed by atoms with Gasteiger partial charge in [-0.1, -0.05) is 0 Å². The molecule has 0 amide bonds. The summed E-state index contributed by atoms with van der Waals surface area (Å²) in [5, 5.41) is 0. The molecule has 0 saturated heterocycles. The molecule has 46 valence electrons. The van der Waals surface area contributed by atoms with E-state index >= 15 is 0 Å². The Morgan fingerprint density at radius 3 is 1.22 bits per heavy atom. The molecule has 0 spiro atoms. The first kappa shape index (κ1) is 29.3. The summed E-state index contributed by atoms with van der Waals surface area (Å²) in [5.74, 6) is 0. The largest absolute Gasteiger partial charge is 2.00 e. The molecule has 0 radical (unpaired) electrons. The van der Waals surface area contributed by atoms with E-state index in [9.17, 15) is 0 Å². The minimum atomic E-state index is -4.64. The third-order valence-corrected chi connectivity index (χ3v) is 0.